The lowest BCUT2D eigenvalue weighted by Gasteiger charge is -2.54. The van der Waals surface area contributed by atoms with Gasteiger partial charge in [0.1, 0.15) is 6.10 Å². The molecule has 0 spiro atoms. The molecule has 0 fully saturated rings. The maximum absolute atomic E-state index is 12.2. The van der Waals surface area contributed by atoms with Crippen LogP contribution in [0.15, 0.2) is 18.2 Å². The van der Waals surface area contributed by atoms with Gasteiger partial charge in [0, 0.05) is 31.5 Å². The Morgan fingerprint density at radius 1 is 1.03 bits per heavy atom. The molecule has 1 unspecified atom stereocenters. The van der Waals surface area contributed by atoms with E-state index in [4.69, 9.17) is 28.4 Å². The fraction of sp³-hybridized carbons (Fsp3) is 0.480. The Morgan fingerprint density at radius 2 is 1.70 bits per heavy atom. The average Bonchev–Trinajstić information content (AvgIpc) is 3.28. The Bertz CT molecular complexity index is 1130. The summed E-state index contributed by atoms with van der Waals surface area (Å²) in [6, 6.07) is 5.98. The van der Waals surface area contributed by atoms with Crippen LogP contribution in [0, 0.1) is 0 Å². The number of ether oxygens (including phenoxy) is 6. The lowest BCUT2D eigenvalue weighted by Crippen LogP contribution is -2.56. The first-order valence-corrected chi connectivity index (χ1v) is 11.0. The zero-order valence-corrected chi connectivity index (χ0v) is 19.8. The number of nitrogens with zero attached hydrogens (tertiary/aromatic N) is 1. The molecule has 0 bridgehead atoms. The zero-order valence-electron chi connectivity index (χ0n) is 19.8. The minimum absolute atomic E-state index is 0.0806. The smallest absolute Gasteiger partial charge is 0.302 e. The number of hydrogen-bond donors (Lipinski definition) is 0. The van der Waals surface area contributed by atoms with Gasteiger partial charge < -0.3 is 28.4 Å². The summed E-state index contributed by atoms with van der Waals surface area (Å²) in [6.45, 7) is 4.41. The maximum atomic E-state index is 12.2. The Balaban J connectivity index is 1.78. The van der Waals surface area contributed by atoms with Gasteiger partial charge >= 0.3 is 5.97 Å². The minimum atomic E-state index is -0.575. The van der Waals surface area contributed by atoms with E-state index in [9.17, 15) is 4.79 Å². The summed E-state index contributed by atoms with van der Waals surface area (Å²) in [5.41, 5.74) is 3.70. The summed E-state index contributed by atoms with van der Waals surface area (Å²) < 4.78 is 34.4. The number of fused-ring (bicyclic) bond motifs is 7. The highest BCUT2D eigenvalue weighted by Gasteiger charge is 2.55. The number of likely N-dealkylation sites (N-methyl/N-ethyl adjacent to an activating group) is 1. The van der Waals surface area contributed by atoms with Crippen molar-refractivity contribution in [1.29, 1.82) is 0 Å². The molecule has 2 aliphatic heterocycles. The van der Waals surface area contributed by atoms with Crippen molar-refractivity contribution in [3.8, 4) is 28.7 Å². The first-order chi connectivity index (χ1) is 15.8. The summed E-state index contributed by atoms with van der Waals surface area (Å²) in [4.78, 5) is 14.5. The molecule has 0 saturated carbocycles. The van der Waals surface area contributed by atoms with E-state index in [0.717, 1.165) is 22.3 Å². The summed E-state index contributed by atoms with van der Waals surface area (Å²) in [6.07, 6.45) is 0.143. The van der Waals surface area contributed by atoms with Gasteiger partial charge in [-0.25, -0.2) is 0 Å². The number of rotatable bonds is 4. The lowest BCUT2D eigenvalue weighted by molar-refractivity contribution is -0.153. The van der Waals surface area contributed by atoms with Gasteiger partial charge in [-0.2, -0.15) is 0 Å². The molecule has 5 rings (SSSR count). The van der Waals surface area contributed by atoms with Gasteiger partial charge in [-0.15, -0.1) is 0 Å². The van der Waals surface area contributed by atoms with Crippen molar-refractivity contribution in [2.45, 2.75) is 44.4 Å². The molecule has 0 aromatic heterocycles. The monoisotopic (exact) mass is 455 g/mol. The highest BCUT2D eigenvalue weighted by atomic mass is 16.7. The molecule has 33 heavy (non-hydrogen) atoms. The average molecular weight is 456 g/mol. The minimum Gasteiger partial charge on any atom is -0.493 e. The number of carbonyl (C=O) groups is 1. The summed E-state index contributed by atoms with van der Waals surface area (Å²) in [5.74, 6) is 2.96. The van der Waals surface area contributed by atoms with E-state index >= 15 is 0 Å². The number of benzene rings is 2. The lowest BCUT2D eigenvalue weighted by atomic mass is 9.60. The van der Waals surface area contributed by atoms with E-state index < -0.39 is 11.5 Å². The Kier molecular flexibility index (Phi) is 5.08. The van der Waals surface area contributed by atoms with Crippen molar-refractivity contribution in [2.75, 3.05) is 35.2 Å². The molecular weight excluding hydrogens is 426 g/mol. The molecule has 2 aromatic rings. The predicted octanol–water partition coefficient (Wildman–Crippen LogP) is 3.37. The van der Waals surface area contributed by atoms with Crippen molar-refractivity contribution >= 4 is 5.97 Å². The molecule has 8 heteroatoms. The second-order valence-electron chi connectivity index (χ2n) is 8.98. The third-order valence-electron chi connectivity index (χ3n) is 7.25. The largest absolute Gasteiger partial charge is 0.493 e. The van der Waals surface area contributed by atoms with Gasteiger partial charge in [-0.1, -0.05) is 6.92 Å². The number of esters is 1. The number of methoxy groups -OCH3 is 3. The molecule has 2 aromatic carbocycles. The third kappa shape index (κ3) is 3.04. The fourth-order valence-electron chi connectivity index (χ4n) is 5.88. The highest BCUT2D eigenvalue weighted by molar-refractivity contribution is 5.68. The van der Waals surface area contributed by atoms with Crippen LogP contribution in [0.5, 0.6) is 28.7 Å². The van der Waals surface area contributed by atoms with Crippen LogP contribution in [0.3, 0.4) is 0 Å². The van der Waals surface area contributed by atoms with E-state index in [-0.39, 0.29) is 18.8 Å². The van der Waals surface area contributed by atoms with Gasteiger partial charge in [-0.3, -0.25) is 9.69 Å². The standard InChI is InChI=1S/C25H29NO7/c1-13(27)33-21-8-14-7-18(28-4)19(29-5)9-15(14)24-25(21,2)17-10-20(30-6)23-22(31-12-32-23)16(17)11-26(24)3/h7,9-10,21,24H,8,11-12H2,1-6H3/t21-,24?,25-/m1/s1. The van der Waals surface area contributed by atoms with Crippen LogP contribution < -0.4 is 23.7 Å². The Labute approximate surface area is 193 Å². The topological polar surface area (TPSA) is 75.7 Å². The van der Waals surface area contributed by atoms with Crippen LogP contribution >= 0.6 is 0 Å². The van der Waals surface area contributed by atoms with E-state index in [1.807, 2.05) is 18.2 Å². The molecule has 3 atom stereocenters. The summed E-state index contributed by atoms with van der Waals surface area (Å²) in [7, 11) is 6.96. The molecule has 0 saturated heterocycles. The van der Waals surface area contributed by atoms with Gasteiger partial charge in [0.15, 0.2) is 23.0 Å². The van der Waals surface area contributed by atoms with Crippen LogP contribution in [-0.4, -0.2) is 52.1 Å². The Hall–Kier alpha value is -3.13. The number of hydrogen-bond acceptors (Lipinski definition) is 8. The highest BCUT2D eigenvalue weighted by Crippen LogP contribution is 2.59. The first-order valence-electron chi connectivity index (χ1n) is 11.0. The van der Waals surface area contributed by atoms with Crippen molar-refractivity contribution in [2.24, 2.45) is 0 Å². The molecule has 0 amide bonds. The van der Waals surface area contributed by atoms with Crippen LogP contribution in [0.25, 0.3) is 0 Å². The predicted molar refractivity (Wildman–Crippen MR) is 119 cm³/mol. The van der Waals surface area contributed by atoms with Crippen LogP contribution in [0.4, 0.5) is 0 Å². The molecule has 8 nitrogen and oxygen atoms in total. The molecule has 0 radical (unpaired) electrons. The SMILES string of the molecule is COc1cc2c(cc1OC)C1N(C)Cc3c(cc(OC)c4c3OCO4)[C@]1(C)[C@H](OC(C)=O)C2. The zero-order chi connectivity index (χ0) is 23.5. The fourth-order valence-corrected chi connectivity index (χ4v) is 5.88. The van der Waals surface area contributed by atoms with Crippen molar-refractivity contribution in [3.63, 3.8) is 0 Å². The first kappa shape index (κ1) is 21.7. The van der Waals surface area contributed by atoms with Gasteiger partial charge in [0.2, 0.25) is 12.5 Å². The Morgan fingerprint density at radius 3 is 2.36 bits per heavy atom. The third-order valence-corrected chi connectivity index (χ3v) is 7.25. The van der Waals surface area contributed by atoms with Crippen LogP contribution in [-0.2, 0) is 27.9 Å². The molecular formula is C25H29NO7. The quantitative estimate of drug-likeness (QED) is 0.650. The van der Waals surface area contributed by atoms with Crippen molar-refractivity contribution in [1.82, 2.24) is 4.90 Å². The van der Waals surface area contributed by atoms with E-state index in [2.05, 4.69) is 18.9 Å². The van der Waals surface area contributed by atoms with E-state index in [1.54, 1.807) is 21.3 Å². The van der Waals surface area contributed by atoms with E-state index in [0.29, 0.717) is 41.7 Å². The molecule has 1 aliphatic carbocycles. The molecule has 0 N–H and O–H groups in total. The van der Waals surface area contributed by atoms with Gasteiger partial charge in [0.05, 0.1) is 26.7 Å². The molecule has 2 heterocycles. The summed E-state index contributed by atoms with van der Waals surface area (Å²) in [5, 5.41) is 0. The van der Waals surface area contributed by atoms with Crippen LogP contribution in [0.1, 0.15) is 42.1 Å². The van der Waals surface area contributed by atoms with Gasteiger partial charge in [-0.05, 0) is 41.9 Å². The van der Waals surface area contributed by atoms with Crippen molar-refractivity contribution in [3.05, 3.63) is 40.5 Å². The normalized spacial score (nSPS) is 24.9. The maximum Gasteiger partial charge on any atom is 0.302 e. The molecule has 176 valence electrons. The number of carbonyl (C=O) groups excluding carboxylic acids is 1. The van der Waals surface area contributed by atoms with E-state index in [1.165, 1.54) is 6.92 Å². The molecule has 3 aliphatic rings. The van der Waals surface area contributed by atoms with Crippen LogP contribution in [0.2, 0.25) is 0 Å². The second-order valence-corrected chi connectivity index (χ2v) is 8.98. The van der Waals surface area contributed by atoms with Gasteiger partial charge in [0.25, 0.3) is 0 Å². The summed E-state index contributed by atoms with van der Waals surface area (Å²) >= 11 is 0. The van der Waals surface area contributed by atoms with Crippen molar-refractivity contribution < 1.29 is 33.2 Å². The second kappa shape index (κ2) is 7.73.